The Morgan fingerprint density at radius 3 is 2.47 bits per heavy atom. The summed E-state index contributed by atoms with van der Waals surface area (Å²) in [6, 6.07) is 0.558. The van der Waals surface area contributed by atoms with Gasteiger partial charge in [0, 0.05) is 24.6 Å². The van der Waals surface area contributed by atoms with Crippen LogP contribution < -0.4 is 5.73 Å². The Hall–Kier alpha value is 0.350. The van der Waals surface area contributed by atoms with E-state index in [4.69, 9.17) is 10.7 Å². The molecule has 1 saturated heterocycles. The predicted octanol–water partition coefficient (Wildman–Crippen LogP) is 2.94. The molecule has 2 unspecified atom stereocenters. The van der Waals surface area contributed by atoms with Crippen LogP contribution in [0.2, 0.25) is 0 Å². The standard InChI is InChI=1S/C14H25N3S.HI/c15-14(17-6-8-18-9-7-17)16-13-10-12(13)11-4-2-1-3-5-11;/h11-13H,1-10H2,(H2,15,16);1H. The first-order valence-corrected chi connectivity index (χ1v) is 8.66. The van der Waals surface area contributed by atoms with Gasteiger partial charge in [-0.2, -0.15) is 11.8 Å². The maximum Gasteiger partial charge on any atom is 0.191 e. The summed E-state index contributed by atoms with van der Waals surface area (Å²) < 4.78 is 0. The average Bonchev–Trinajstić information content (AvgIpc) is 3.20. The molecule has 3 rings (SSSR count). The molecule has 0 spiro atoms. The summed E-state index contributed by atoms with van der Waals surface area (Å²) in [5.41, 5.74) is 6.15. The highest BCUT2D eigenvalue weighted by Crippen LogP contribution is 2.46. The Bertz CT molecular complexity index is 312. The van der Waals surface area contributed by atoms with E-state index in [0.717, 1.165) is 30.9 Å². The Kier molecular flexibility index (Phi) is 6.11. The fraction of sp³-hybridized carbons (Fsp3) is 0.929. The van der Waals surface area contributed by atoms with Gasteiger partial charge >= 0.3 is 0 Å². The maximum atomic E-state index is 6.15. The second-order valence-electron chi connectivity index (χ2n) is 5.95. The van der Waals surface area contributed by atoms with Crippen molar-refractivity contribution in [2.75, 3.05) is 24.6 Å². The highest BCUT2D eigenvalue weighted by molar-refractivity contribution is 14.0. The van der Waals surface area contributed by atoms with Crippen LogP contribution in [0.1, 0.15) is 38.5 Å². The van der Waals surface area contributed by atoms with E-state index in [9.17, 15) is 0 Å². The molecule has 3 aliphatic rings. The summed E-state index contributed by atoms with van der Waals surface area (Å²) in [5, 5.41) is 0. The van der Waals surface area contributed by atoms with Crippen molar-refractivity contribution in [2.45, 2.75) is 44.6 Å². The van der Waals surface area contributed by atoms with Gasteiger partial charge in [0.25, 0.3) is 0 Å². The van der Waals surface area contributed by atoms with Crippen molar-refractivity contribution in [3.8, 4) is 0 Å². The quantitative estimate of drug-likeness (QED) is 0.444. The van der Waals surface area contributed by atoms with Crippen molar-refractivity contribution in [1.29, 1.82) is 0 Å². The van der Waals surface area contributed by atoms with Gasteiger partial charge in [0.1, 0.15) is 0 Å². The fourth-order valence-electron chi connectivity index (χ4n) is 3.46. The number of halogens is 1. The topological polar surface area (TPSA) is 41.6 Å². The maximum absolute atomic E-state index is 6.15. The summed E-state index contributed by atoms with van der Waals surface area (Å²) in [4.78, 5) is 7.05. The number of thioether (sulfide) groups is 1. The second-order valence-corrected chi connectivity index (χ2v) is 7.18. The van der Waals surface area contributed by atoms with Crippen LogP contribution in [0.3, 0.4) is 0 Å². The third-order valence-electron chi connectivity index (χ3n) is 4.69. The molecule has 2 N–H and O–H groups in total. The number of guanidine groups is 1. The molecule has 0 aromatic rings. The SMILES string of the molecule is I.NC(=NC1CC1C1CCCCC1)N1CCSCC1. The van der Waals surface area contributed by atoms with Crippen molar-refractivity contribution in [1.82, 2.24) is 4.90 Å². The van der Waals surface area contributed by atoms with Crippen LogP contribution in [0.25, 0.3) is 0 Å². The lowest BCUT2D eigenvalue weighted by Gasteiger charge is -2.27. The molecule has 0 aromatic heterocycles. The molecule has 2 aliphatic carbocycles. The van der Waals surface area contributed by atoms with Gasteiger partial charge in [0.15, 0.2) is 5.96 Å². The first-order valence-electron chi connectivity index (χ1n) is 7.50. The highest BCUT2D eigenvalue weighted by atomic mass is 127. The van der Waals surface area contributed by atoms with Crippen LogP contribution >= 0.6 is 35.7 Å². The lowest BCUT2D eigenvalue weighted by Crippen LogP contribution is -2.42. The summed E-state index contributed by atoms with van der Waals surface area (Å²) in [5.74, 6) is 5.04. The zero-order chi connectivity index (χ0) is 12.4. The molecule has 2 atom stereocenters. The molecule has 19 heavy (non-hydrogen) atoms. The largest absolute Gasteiger partial charge is 0.370 e. The molecule has 0 radical (unpaired) electrons. The summed E-state index contributed by atoms with van der Waals surface area (Å²) >= 11 is 2.02. The van der Waals surface area contributed by atoms with E-state index in [-0.39, 0.29) is 24.0 Å². The Morgan fingerprint density at radius 1 is 1.11 bits per heavy atom. The van der Waals surface area contributed by atoms with E-state index in [1.807, 2.05) is 11.8 Å². The Labute approximate surface area is 138 Å². The highest BCUT2D eigenvalue weighted by Gasteiger charge is 2.43. The van der Waals surface area contributed by atoms with E-state index in [1.165, 1.54) is 50.0 Å². The molecule has 0 aromatic carbocycles. The third-order valence-corrected chi connectivity index (χ3v) is 5.64. The zero-order valence-corrected chi connectivity index (χ0v) is 14.7. The molecule has 3 nitrogen and oxygen atoms in total. The van der Waals surface area contributed by atoms with Crippen molar-refractivity contribution >= 4 is 41.7 Å². The average molecular weight is 395 g/mol. The summed E-state index contributed by atoms with van der Waals surface area (Å²) in [6.07, 6.45) is 8.51. The lowest BCUT2D eigenvalue weighted by atomic mass is 9.85. The molecule has 1 heterocycles. The van der Waals surface area contributed by atoms with Crippen molar-refractivity contribution < 1.29 is 0 Å². The molecule has 2 saturated carbocycles. The van der Waals surface area contributed by atoms with E-state index in [1.54, 1.807) is 0 Å². The van der Waals surface area contributed by atoms with Gasteiger partial charge in [-0.3, -0.25) is 0 Å². The van der Waals surface area contributed by atoms with E-state index < -0.39 is 0 Å². The smallest absolute Gasteiger partial charge is 0.191 e. The number of hydrogen-bond acceptors (Lipinski definition) is 2. The van der Waals surface area contributed by atoms with Crippen molar-refractivity contribution in [3.63, 3.8) is 0 Å². The van der Waals surface area contributed by atoms with Gasteiger partial charge in [0.05, 0.1) is 6.04 Å². The minimum atomic E-state index is 0. The van der Waals surface area contributed by atoms with Gasteiger partial charge in [-0.15, -0.1) is 24.0 Å². The van der Waals surface area contributed by atoms with Gasteiger partial charge in [-0.05, 0) is 18.3 Å². The van der Waals surface area contributed by atoms with Gasteiger partial charge < -0.3 is 10.6 Å². The fourth-order valence-corrected chi connectivity index (χ4v) is 4.36. The Balaban J connectivity index is 0.00000133. The van der Waals surface area contributed by atoms with E-state index in [2.05, 4.69) is 4.90 Å². The van der Waals surface area contributed by atoms with E-state index >= 15 is 0 Å². The lowest BCUT2D eigenvalue weighted by molar-refractivity contribution is 0.318. The molecule has 0 amide bonds. The summed E-state index contributed by atoms with van der Waals surface area (Å²) in [7, 11) is 0. The monoisotopic (exact) mass is 395 g/mol. The minimum Gasteiger partial charge on any atom is -0.370 e. The normalized spacial score (nSPS) is 32.8. The van der Waals surface area contributed by atoms with Gasteiger partial charge in [-0.25, -0.2) is 4.99 Å². The van der Waals surface area contributed by atoms with Crippen LogP contribution in [0.15, 0.2) is 4.99 Å². The number of nitrogens with zero attached hydrogens (tertiary/aromatic N) is 2. The Morgan fingerprint density at radius 2 is 1.79 bits per heavy atom. The van der Waals surface area contributed by atoms with Crippen molar-refractivity contribution in [2.24, 2.45) is 22.6 Å². The molecule has 110 valence electrons. The van der Waals surface area contributed by atoms with Crippen molar-refractivity contribution in [3.05, 3.63) is 0 Å². The zero-order valence-electron chi connectivity index (χ0n) is 11.6. The molecule has 0 bridgehead atoms. The molecule has 5 heteroatoms. The van der Waals surface area contributed by atoms with Crippen LogP contribution in [0, 0.1) is 11.8 Å². The van der Waals surface area contributed by atoms with Crippen LogP contribution in [0.5, 0.6) is 0 Å². The summed E-state index contributed by atoms with van der Waals surface area (Å²) in [6.45, 7) is 2.17. The minimum absolute atomic E-state index is 0. The number of aliphatic imine (C=N–C) groups is 1. The third kappa shape index (κ3) is 4.16. The number of rotatable bonds is 2. The number of hydrogen-bond donors (Lipinski definition) is 1. The van der Waals surface area contributed by atoms with Crippen LogP contribution in [-0.2, 0) is 0 Å². The number of nitrogens with two attached hydrogens (primary N) is 1. The van der Waals surface area contributed by atoms with E-state index in [0.29, 0.717) is 6.04 Å². The van der Waals surface area contributed by atoms with Crippen LogP contribution in [-0.4, -0.2) is 41.5 Å². The molecular formula is C14H26IN3S. The van der Waals surface area contributed by atoms with Crippen LogP contribution in [0.4, 0.5) is 0 Å². The molecular weight excluding hydrogens is 369 g/mol. The predicted molar refractivity (Wildman–Crippen MR) is 94.4 cm³/mol. The van der Waals surface area contributed by atoms with Gasteiger partial charge in [0.2, 0.25) is 0 Å². The first kappa shape index (κ1) is 15.7. The molecule has 1 aliphatic heterocycles. The van der Waals surface area contributed by atoms with Gasteiger partial charge in [-0.1, -0.05) is 32.1 Å². The molecule has 3 fully saturated rings. The first-order chi connectivity index (χ1) is 8.84. The second kappa shape index (κ2) is 7.38.